The zero-order chi connectivity index (χ0) is 8.97. The third-order valence-corrected chi connectivity index (χ3v) is 2.39. The van der Waals surface area contributed by atoms with Crippen LogP contribution in [-0.4, -0.2) is 22.7 Å². The number of nitrogens with one attached hydrogen (secondary N) is 1. The maximum atomic E-state index is 8.95. The van der Waals surface area contributed by atoms with E-state index in [4.69, 9.17) is 16.7 Å². The molecule has 1 aromatic heterocycles. The van der Waals surface area contributed by atoms with E-state index in [2.05, 4.69) is 10.3 Å². The molecule has 2 N–H and O–H groups in total. The molecule has 0 unspecified atom stereocenters. The first-order valence-electron chi connectivity index (χ1n) is 3.72. The van der Waals surface area contributed by atoms with E-state index in [9.17, 15) is 0 Å². The Kier molecular flexibility index (Phi) is 3.78. The van der Waals surface area contributed by atoms with Crippen molar-refractivity contribution in [2.24, 2.45) is 0 Å². The fourth-order valence-corrected chi connectivity index (χ4v) is 1.56. The van der Waals surface area contributed by atoms with Crippen LogP contribution in [-0.2, 0) is 0 Å². The smallest absolute Gasteiger partial charge is 0.184 e. The maximum absolute atomic E-state index is 8.95. The van der Waals surface area contributed by atoms with E-state index >= 15 is 0 Å². The van der Waals surface area contributed by atoms with Gasteiger partial charge in [0.25, 0.3) is 0 Å². The zero-order valence-electron chi connectivity index (χ0n) is 6.75. The lowest BCUT2D eigenvalue weighted by Crippen LogP contribution is -2.09. The van der Waals surface area contributed by atoms with Crippen LogP contribution < -0.4 is 5.32 Å². The number of nitrogens with zero attached hydrogens (tertiary/aromatic N) is 1. The molecular formula is C7H11ClN2OS. The average molecular weight is 207 g/mol. The quantitative estimate of drug-likeness (QED) is 0.792. The van der Waals surface area contributed by atoms with Crippen LogP contribution in [0.5, 0.6) is 0 Å². The third kappa shape index (κ3) is 3.38. The molecule has 68 valence electrons. The van der Waals surface area contributed by atoms with Crippen molar-refractivity contribution in [1.29, 1.82) is 0 Å². The lowest BCUT2D eigenvalue weighted by Gasteiger charge is -2.03. The molecule has 0 radical (unpaired) electrons. The number of anilines is 1. The number of halogens is 1. The average Bonchev–Trinajstić information content (AvgIpc) is 2.35. The molecular weight excluding hydrogens is 196 g/mol. The number of aliphatic hydroxyl groups excluding tert-OH is 1. The molecule has 1 aromatic rings. The summed E-state index contributed by atoms with van der Waals surface area (Å²) in [5, 5.41) is 12.8. The second-order valence-electron chi connectivity index (χ2n) is 2.53. The van der Waals surface area contributed by atoms with Crippen LogP contribution in [0, 0.1) is 0 Å². The minimum absolute atomic E-state index is 0.270. The van der Waals surface area contributed by atoms with Gasteiger partial charge in [-0.25, -0.2) is 4.98 Å². The Balaban J connectivity index is 2.24. The van der Waals surface area contributed by atoms with Gasteiger partial charge < -0.3 is 10.4 Å². The van der Waals surface area contributed by atoms with Gasteiger partial charge in [0.05, 0.1) is 12.3 Å². The molecule has 1 heterocycles. The summed E-state index contributed by atoms with van der Waals surface area (Å²) in [6, 6.07) is 0. The summed E-state index contributed by atoms with van der Waals surface area (Å²) in [7, 11) is 0. The molecule has 1 atom stereocenters. The number of thiazole rings is 1. The van der Waals surface area contributed by atoms with Crippen molar-refractivity contribution in [3.8, 4) is 0 Å². The highest BCUT2D eigenvalue weighted by Gasteiger charge is 1.99. The minimum atomic E-state index is -0.270. The highest BCUT2D eigenvalue weighted by Crippen LogP contribution is 2.22. The highest BCUT2D eigenvalue weighted by molar-refractivity contribution is 7.19. The van der Waals surface area contributed by atoms with E-state index in [1.807, 2.05) is 0 Å². The summed E-state index contributed by atoms with van der Waals surface area (Å²) in [6.45, 7) is 2.48. The molecule has 0 aliphatic carbocycles. The van der Waals surface area contributed by atoms with E-state index in [-0.39, 0.29) is 6.10 Å². The fraction of sp³-hybridized carbons (Fsp3) is 0.571. The Morgan fingerprint density at radius 3 is 3.08 bits per heavy atom. The van der Waals surface area contributed by atoms with E-state index in [0.717, 1.165) is 18.1 Å². The van der Waals surface area contributed by atoms with Crippen molar-refractivity contribution >= 4 is 28.1 Å². The predicted molar refractivity (Wildman–Crippen MR) is 51.9 cm³/mol. The molecule has 0 saturated carbocycles. The molecule has 0 spiro atoms. The van der Waals surface area contributed by atoms with Crippen LogP contribution in [0.25, 0.3) is 0 Å². The summed E-state index contributed by atoms with van der Waals surface area (Å²) in [4.78, 5) is 4.01. The van der Waals surface area contributed by atoms with Crippen molar-refractivity contribution in [3.63, 3.8) is 0 Å². The van der Waals surface area contributed by atoms with Crippen LogP contribution in [0.4, 0.5) is 5.13 Å². The molecule has 0 fully saturated rings. The molecule has 1 rings (SSSR count). The standard InChI is InChI=1S/C7H11ClN2OS/c1-5(11)2-3-9-7-10-4-6(8)12-7/h4-5,11H,2-3H2,1H3,(H,9,10)/t5-/m0/s1. The summed E-state index contributed by atoms with van der Waals surface area (Å²) < 4.78 is 0.676. The molecule has 0 aliphatic heterocycles. The number of hydrogen-bond acceptors (Lipinski definition) is 4. The van der Waals surface area contributed by atoms with Gasteiger partial charge in [-0.2, -0.15) is 0 Å². The van der Waals surface area contributed by atoms with E-state index in [0.29, 0.717) is 4.34 Å². The van der Waals surface area contributed by atoms with Crippen molar-refractivity contribution in [2.75, 3.05) is 11.9 Å². The Bertz CT molecular complexity index is 239. The molecule has 12 heavy (non-hydrogen) atoms. The van der Waals surface area contributed by atoms with Crippen LogP contribution >= 0.6 is 22.9 Å². The second-order valence-corrected chi connectivity index (χ2v) is 4.20. The molecule has 0 aliphatic rings. The maximum Gasteiger partial charge on any atom is 0.184 e. The summed E-state index contributed by atoms with van der Waals surface area (Å²) in [5.41, 5.74) is 0. The summed E-state index contributed by atoms with van der Waals surface area (Å²) in [6.07, 6.45) is 2.06. The molecule has 5 heteroatoms. The van der Waals surface area contributed by atoms with Crippen molar-refractivity contribution in [1.82, 2.24) is 4.98 Å². The summed E-state index contributed by atoms with van der Waals surface area (Å²) >= 11 is 7.07. The normalized spacial score (nSPS) is 12.9. The van der Waals surface area contributed by atoms with Gasteiger partial charge in [-0.05, 0) is 13.3 Å². The number of rotatable bonds is 4. The van der Waals surface area contributed by atoms with Crippen LogP contribution in [0.2, 0.25) is 4.34 Å². The fourth-order valence-electron chi connectivity index (χ4n) is 0.724. The highest BCUT2D eigenvalue weighted by atomic mass is 35.5. The first-order valence-corrected chi connectivity index (χ1v) is 4.91. The van der Waals surface area contributed by atoms with Gasteiger partial charge in [0.2, 0.25) is 0 Å². The van der Waals surface area contributed by atoms with Crippen molar-refractivity contribution < 1.29 is 5.11 Å². The third-order valence-electron chi connectivity index (χ3n) is 1.32. The van der Waals surface area contributed by atoms with Crippen molar-refractivity contribution in [2.45, 2.75) is 19.4 Å². The van der Waals surface area contributed by atoms with Gasteiger partial charge >= 0.3 is 0 Å². The predicted octanol–water partition coefficient (Wildman–Crippen LogP) is 1.98. The van der Waals surface area contributed by atoms with Gasteiger partial charge in [0, 0.05) is 6.54 Å². The first-order chi connectivity index (χ1) is 5.68. The monoisotopic (exact) mass is 206 g/mol. The lowest BCUT2D eigenvalue weighted by atomic mass is 10.3. The molecule has 0 saturated heterocycles. The van der Waals surface area contributed by atoms with Crippen LogP contribution in [0.15, 0.2) is 6.20 Å². The molecule has 3 nitrogen and oxygen atoms in total. The Morgan fingerprint density at radius 2 is 2.58 bits per heavy atom. The van der Waals surface area contributed by atoms with E-state index < -0.39 is 0 Å². The first kappa shape index (κ1) is 9.77. The Morgan fingerprint density at radius 1 is 1.83 bits per heavy atom. The lowest BCUT2D eigenvalue weighted by molar-refractivity contribution is 0.189. The van der Waals surface area contributed by atoms with Gasteiger partial charge in [0.15, 0.2) is 5.13 Å². The van der Waals surface area contributed by atoms with Crippen molar-refractivity contribution in [3.05, 3.63) is 10.5 Å². The molecule has 0 aromatic carbocycles. The van der Waals surface area contributed by atoms with E-state index in [1.54, 1.807) is 13.1 Å². The largest absolute Gasteiger partial charge is 0.393 e. The molecule has 0 bridgehead atoms. The van der Waals surface area contributed by atoms with Gasteiger partial charge in [-0.1, -0.05) is 22.9 Å². The van der Waals surface area contributed by atoms with Gasteiger partial charge in [0.1, 0.15) is 4.34 Å². The van der Waals surface area contributed by atoms with E-state index in [1.165, 1.54) is 11.3 Å². The Labute approximate surface area is 80.4 Å². The zero-order valence-corrected chi connectivity index (χ0v) is 8.32. The summed E-state index contributed by atoms with van der Waals surface area (Å²) in [5.74, 6) is 0. The van der Waals surface area contributed by atoms with Crippen LogP contribution in [0.3, 0.4) is 0 Å². The molecule has 0 amide bonds. The number of aromatic nitrogens is 1. The number of aliphatic hydroxyl groups is 1. The SMILES string of the molecule is C[C@H](O)CCNc1ncc(Cl)s1. The van der Waals surface area contributed by atoms with Gasteiger partial charge in [-0.3, -0.25) is 0 Å². The van der Waals surface area contributed by atoms with Gasteiger partial charge in [-0.15, -0.1) is 0 Å². The van der Waals surface area contributed by atoms with Crippen LogP contribution in [0.1, 0.15) is 13.3 Å². The Hall–Kier alpha value is -0.320. The second kappa shape index (κ2) is 4.64. The minimum Gasteiger partial charge on any atom is -0.393 e. The topological polar surface area (TPSA) is 45.1 Å². The number of hydrogen-bond donors (Lipinski definition) is 2.